The van der Waals surface area contributed by atoms with E-state index in [1.165, 1.54) is 49.7 Å². The van der Waals surface area contributed by atoms with Crippen LogP contribution in [0.1, 0.15) is 22.7 Å². The Balaban J connectivity index is 1.33. The molecular formula is C38H24N2O. The second-order valence-electron chi connectivity index (χ2n) is 10.8. The SMILES string of the molecule is c1ccc(-c2ccc(C3=Nc4oc5ccccc5c4C(c4ccccc4)N3)c3c2-c2cccc4cccc-3c24)cc1. The van der Waals surface area contributed by atoms with Gasteiger partial charge in [-0.3, -0.25) is 0 Å². The predicted molar refractivity (Wildman–Crippen MR) is 168 cm³/mol. The maximum absolute atomic E-state index is 6.40. The van der Waals surface area contributed by atoms with Crippen LogP contribution in [0.5, 0.6) is 0 Å². The molecule has 3 nitrogen and oxygen atoms in total. The highest BCUT2D eigenvalue weighted by atomic mass is 16.3. The topological polar surface area (TPSA) is 37.5 Å². The van der Waals surface area contributed by atoms with E-state index in [4.69, 9.17) is 9.41 Å². The molecule has 0 bridgehead atoms. The second-order valence-corrected chi connectivity index (χ2v) is 10.8. The summed E-state index contributed by atoms with van der Waals surface area (Å²) in [4.78, 5) is 5.17. The number of amidine groups is 1. The normalized spacial score (nSPS) is 14.9. The van der Waals surface area contributed by atoms with Crippen molar-refractivity contribution in [3.05, 3.63) is 150 Å². The minimum absolute atomic E-state index is 0.0913. The summed E-state index contributed by atoms with van der Waals surface area (Å²) in [5.74, 6) is 1.49. The maximum Gasteiger partial charge on any atom is 0.227 e. The van der Waals surface area contributed by atoms with Gasteiger partial charge >= 0.3 is 0 Å². The Bertz CT molecular complexity index is 2170. The third kappa shape index (κ3) is 3.23. The molecule has 1 atom stereocenters. The molecule has 6 aromatic carbocycles. The van der Waals surface area contributed by atoms with E-state index in [9.17, 15) is 0 Å². The Morgan fingerprint density at radius 1 is 0.561 bits per heavy atom. The zero-order valence-corrected chi connectivity index (χ0v) is 22.1. The third-order valence-electron chi connectivity index (χ3n) is 8.52. The number of aliphatic imine (C=N–C) groups is 1. The summed E-state index contributed by atoms with van der Waals surface area (Å²) in [6.45, 7) is 0. The molecule has 192 valence electrons. The quantitative estimate of drug-likeness (QED) is 0.250. The minimum atomic E-state index is -0.0913. The number of nitrogens with zero attached hydrogens (tertiary/aromatic N) is 1. The van der Waals surface area contributed by atoms with Gasteiger partial charge in [-0.1, -0.05) is 121 Å². The van der Waals surface area contributed by atoms with E-state index >= 15 is 0 Å². The fourth-order valence-electron chi connectivity index (χ4n) is 6.77. The summed E-state index contributed by atoms with van der Waals surface area (Å²) < 4.78 is 6.40. The molecule has 3 heteroatoms. The first-order valence-corrected chi connectivity index (χ1v) is 14.0. The van der Waals surface area contributed by atoms with Crippen LogP contribution >= 0.6 is 0 Å². The van der Waals surface area contributed by atoms with Gasteiger partial charge in [0.2, 0.25) is 5.88 Å². The summed E-state index contributed by atoms with van der Waals surface area (Å²) >= 11 is 0. The van der Waals surface area contributed by atoms with Crippen LogP contribution in [-0.2, 0) is 0 Å². The molecule has 1 aromatic heterocycles. The van der Waals surface area contributed by atoms with Gasteiger partial charge in [0.15, 0.2) is 0 Å². The van der Waals surface area contributed by atoms with Crippen LogP contribution in [0.4, 0.5) is 5.88 Å². The van der Waals surface area contributed by atoms with E-state index in [0.29, 0.717) is 5.88 Å². The minimum Gasteiger partial charge on any atom is -0.438 e. The predicted octanol–water partition coefficient (Wildman–Crippen LogP) is 9.67. The molecule has 0 amide bonds. The van der Waals surface area contributed by atoms with Crippen LogP contribution in [0.15, 0.2) is 143 Å². The van der Waals surface area contributed by atoms with E-state index in [0.717, 1.165) is 27.9 Å². The monoisotopic (exact) mass is 524 g/mol. The largest absolute Gasteiger partial charge is 0.438 e. The lowest BCUT2D eigenvalue weighted by atomic mass is 9.89. The van der Waals surface area contributed by atoms with Crippen molar-refractivity contribution in [1.82, 2.24) is 5.32 Å². The highest BCUT2D eigenvalue weighted by molar-refractivity contribution is 6.23. The smallest absolute Gasteiger partial charge is 0.227 e. The molecule has 1 aliphatic carbocycles. The van der Waals surface area contributed by atoms with Gasteiger partial charge in [0.25, 0.3) is 0 Å². The van der Waals surface area contributed by atoms with Crippen LogP contribution < -0.4 is 5.32 Å². The first-order chi connectivity index (χ1) is 20.3. The average Bonchev–Trinajstić information content (AvgIpc) is 3.59. The lowest BCUT2D eigenvalue weighted by molar-refractivity contribution is 0.604. The zero-order chi connectivity index (χ0) is 26.9. The number of rotatable bonds is 3. The van der Waals surface area contributed by atoms with Crippen LogP contribution in [0, 0.1) is 0 Å². The average molecular weight is 525 g/mol. The molecule has 1 aliphatic heterocycles. The molecule has 2 aliphatic rings. The fourth-order valence-corrected chi connectivity index (χ4v) is 6.77. The van der Waals surface area contributed by atoms with Gasteiger partial charge in [-0.2, -0.15) is 4.99 Å². The molecule has 0 radical (unpaired) electrons. The first-order valence-electron chi connectivity index (χ1n) is 14.0. The Hall–Kier alpha value is -5.41. The van der Waals surface area contributed by atoms with Gasteiger partial charge in [0, 0.05) is 16.5 Å². The third-order valence-corrected chi connectivity index (χ3v) is 8.52. The van der Waals surface area contributed by atoms with Crippen LogP contribution in [0.2, 0.25) is 0 Å². The van der Waals surface area contributed by atoms with Crippen molar-refractivity contribution in [2.45, 2.75) is 6.04 Å². The summed E-state index contributed by atoms with van der Waals surface area (Å²) in [5.41, 5.74) is 11.6. The molecule has 41 heavy (non-hydrogen) atoms. The molecule has 7 aromatic rings. The number of fused-ring (bicyclic) bond motifs is 6. The van der Waals surface area contributed by atoms with Crippen molar-refractivity contribution in [3.63, 3.8) is 0 Å². The molecule has 2 heterocycles. The van der Waals surface area contributed by atoms with Gasteiger partial charge in [0.1, 0.15) is 11.4 Å². The Kier molecular flexibility index (Phi) is 4.67. The number of hydrogen-bond donors (Lipinski definition) is 1. The Morgan fingerprint density at radius 2 is 1.22 bits per heavy atom. The van der Waals surface area contributed by atoms with Crippen molar-refractivity contribution in [2.75, 3.05) is 0 Å². The van der Waals surface area contributed by atoms with Crippen LogP contribution in [-0.4, -0.2) is 5.84 Å². The lowest BCUT2D eigenvalue weighted by Crippen LogP contribution is -2.32. The highest BCUT2D eigenvalue weighted by Crippen LogP contribution is 2.53. The molecular weight excluding hydrogens is 500 g/mol. The van der Waals surface area contributed by atoms with Gasteiger partial charge in [-0.25, -0.2) is 0 Å². The summed E-state index contributed by atoms with van der Waals surface area (Å²) in [6, 6.07) is 47.1. The lowest BCUT2D eigenvalue weighted by Gasteiger charge is -2.27. The molecule has 1 N–H and O–H groups in total. The van der Waals surface area contributed by atoms with E-state index in [-0.39, 0.29) is 6.04 Å². The number of furan rings is 1. The number of benzene rings is 6. The van der Waals surface area contributed by atoms with Crippen molar-refractivity contribution in [2.24, 2.45) is 4.99 Å². The van der Waals surface area contributed by atoms with Gasteiger partial charge in [-0.15, -0.1) is 0 Å². The van der Waals surface area contributed by atoms with E-state index in [1.807, 2.05) is 12.1 Å². The van der Waals surface area contributed by atoms with Crippen LogP contribution in [0.3, 0.4) is 0 Å². The molecule has 1 unspecified atom stereocenters. The maximum atomic E-state index is 6.40. The second kappa shape index (κ2) is 8.54. The van der Waals surface area contributed by atoms with Crippen molar-refractivity contribution in [1.29, 1.82) is 0 Å². The molecule has 0 saturated carbocycles. The fraction of sp³-hybridized carbons (Fsp3) is 0.0263. The van der Waals surface area contributed by atoms with Crippen molar-refractivity contribution >= 4 is 33.5 Å². The number of nitrogens with one attached hydrogen (secondary N) is 1. The highest BCUT2D eigenvalue weighted by Gasteiger charge is 2.33. The van der Waals surface area contributed by atoms with E-state index < -0.39 is 0 Å². The van der Waals surface area contributed by atoms with E-state index in [1.54, 1.807) is 0 Å². The first kappa shape index (κ1) is 22.4. The molecule has 9 rings (SSSR count). The molecule has 0 spiro atoms. The van der Waals surface area contributed by atoms with Gasteiger partial charge in [0.05, 0.1) is 11.6 Å². The van der Waals surface area contributed by atoms with Crippen molar-refractivity contribution < 1.29 is 4.42 Å². The zero-order valence-electron chi connectivity index (χ0n) is 22.1. The van der Waals surface area contributed by atoms with Crippen LogP contribution in [0.25, 0.3) is 55.1 Å². The Morgan fingerprint density at radius 3 is 2.00 bits per heavy atom. The van der Waals surface area contributed by atoms with Gasteiger partial charge in [-0.05, 0) is 56.3 Å². The van der Waals surface area contributed by atoms with E-state index in [2.05, 4.69) is 127 Å². The molecule has 0 fully saturated rings. The summed E-state index contributed by atoms with van der Waals surface area (Å²) in [7, 11) is 0. The number of hydrogen-bond acceptors (Lipinski definition) is 3. The standard InChI is InChI=1S/C38H24N2O/c1-3-11-23(12-4-1)26-21-22-30(34-29-19-10-16-24-15-9-18-28(32(24)29)33(26)34)37-39-36(25-13-5-2-6-14-25)35-27-17-7-8-20-31(27)41-38(35)40-37/h1-22,36H,(H,39,40). The Labute approximate surface area is 237 Å². The summed E-state index contributed by atoms with van der Waals surface area (Å²) in [5, 5.41) is 7.50. The summed E-state index contributed by atoms with van der Waals surface area (Å²) in [6.07, 6.45) is 0. The molecule has 0 saturated heterocycles. The van der Waals surface area contributed by atoms with Gasteiger partial charge < -0.3 is 9.73 Å². The number of para-hydroxylation sites is 1. The van der Waals surface area contributed by atoms with Crippen molar-refractivity contribution in [3.8, 4) is 33.4 Å².